The molecule has 0 unspecified atom stereocenters. The molecule has 0 radical (unpaired) electrons. The molecule has 0 saturated heterocycles. The van der Waals surface area contributed by atoms with Gasteiger partial charge in [0.1, 0.15) is 17.3 Å². The number of rotatable bonds is 3. The molecule has 0 heterocycles. The predicted octanol–water partition coefficient (Wildman–Crippen LogP) is 4.84. The second kappa shape index (κ2) is 5.71. The molecule has 0 aromatic heterocycles. The van der Waals surface area contributed by atoms with Gasteiger partial charge in [0.05, 0.1) is 10.0 Å². The highest BCUT2D eigenvalue weighted by Crippen LogP contribution is 2.29. The quantitative estimate of drug-likeness (QED) is 0.816. The molecule has 3 nitrogen and oxygen atoms in total. The summed E-state index contributed by atoms with van der Waals surface area (Å²) in [5.41, 5.74) is 0.146. The van der Waals surface area contributed by atoms with E-state index in [0.717, 1.165) is 0 Å². The monoisotopic (exact) mass is 388 g/mol. The van der Waals surface area contributed by atoms with Crippen molar-refractivity contribution in [2.24, 2.45) is 0 Å². The zero-order valence-electron chi connectivity index (χ0n) is 9.36. The fraction of sp³-hybridized carbons (Fsp3) is 0. The summed E-state index contributed by atoms with van der Waals surface area (Å²) in [4.78, 5) is 10.9. The predicted molar refractivity (Wildman–Crippen MR) is 75.3 cm³/mol. The molecule has 0 amide bonds. The summed E-state index contributed by atoms with van der Waals surface area (Å²) in [5.74, 6) is -0.503. The van der Waals surface area contributed by atoms with Gasteiger partial charge in [-0.25, -0.2) is 9.18 Å². The van der Waals surface area contributed by atoms with Crippen molar-refractivity contribution < 1.29 is 19.0 Å². The second-order valence-electron chi connectivity index (χ2n) is 3.62. The van der Waals surface area contributed by atoms with Gasteiger partial charge in [0, 0.05) is 4.47 Å². The van der Waals surface area contributed by atoms with E-state index in [1.807, 2.05) is 0 Å². The molecular formula is C13H7Br2FO3. The van der Waals surface area contributed by atoms with Gasteiger partial charge in [-0.05, 0) is 68.3 Å². The van der Waals surface area contributed by atoms with Crippen molar-refractivity contribution in [3.8, 4) is 11.5 Å². The lowest BCUT2D eigenvalue weighted by Crippen LogP contribution is -1.97. The minimum Gasteiger partial charge on any atom is -0.478 e. The molecule has 0 atom stereocenters. The van der Waals surface area contributed by atoms with Gasteiger partial charge in [-0.2, -0.15) is 0 Å². The van der Waals surface area contributed by atoms with Crippen molar-refractivity contribution in [1.82, 2.24) is 0 Å². The molecule has 2 aromatic carbocycles. The number of halogens is 3. The Kier molecular flexibility index (Phi) is 4.21. The minimum atomic E-state index is -1.03. The molecule has 19 heavy (non-hydrogen) atoms. The van der Waals surface area contributed by atoms with Gasteiger partial charge < -0.3 is 9.84 Å². The van der Waals surface area contributed by atoms with E-state index in [2.05, 4.69) is 31.9 Å². The summed E-state index contributed by atoms with van der Waals surface area (Å²) < 4.78 is 19.3. The lowest BCUT2D eigenvalue weighted by Gasteiger charge is -2.08. The van der Waals surface area contributed by atoms with Crippen molar-refractivity contribution in [3.05, 3.63) is 56.7 Å². The lowest BCUT2D eigenvalue weighted by molar-refractivity contribution is 0.0696. The Balaban J connectivity index is 2.26. The van der Waals surface area contributed by atoms with Crippen molar-refractivity contribution in [2.45, 2.75) is 0 Å². The molecule has 0 aliphatic heterocycles. The third-order valence-corrected chi connectivity index (χ3v) is 3.56. The van der Waals surface area contributed by atoms with Crippen molar-refractivity contribution in [3.63, 3.8) is 0 Å². The number of hydrogen-bond acceptors (Lipinski definition) is 2. The lowest BCUT2D eigenvalue weighted by atomic mass is 10.2. The number of carboxylic acids is 1. The van der Waals surface area contributed by atoms with E-state index in [1.165, 1.54) is 30.3 Å². The Morgan fingerprint density at radius 3 is 2.16 bits per heavy atom. The topological polar surface area (TPSA) is 46.5 Å². The molecule has 0 spiro atoms. The maximum Gasteiger partial charge on any atom is 0.336 e. The van der Waals surface area contributed by atoms with Crippen LogP contribution in [0, 0.1) is 5.82 Å². The SMILES string of the molecule is O=C(O)c1ccc(Oc2ccc(F)c(Br)c2)cc1Br. The Morgan fingerprint density at radius 1 is 1.05 bits per heavy atom. The molecule has 2 rings (SSSR count). The Morgan fingerprint density at radius 2 is 1.63 bits per heavy atom. The number of benzene rings is 2. The van der Waals surface area contributed by atoms with Crippen LogP contribution in [-0.4, -0.2) is 11.1 Å². The third-order valence-electron chi connectivity index (χ3n) is 2.30. The Bertz CT molecular complexity index is 644. The first-order chi connectivity index (χ1) is 8.97. The molecular weight excluding hydrogens is 383 g/mol. The van der Waals surface area contributed by atoms with Gasteiger partial charge in [0.25, 0.3) is 0 Å². The first-order valence-corrected chi connectivity index (χ1v) is 6.71. The van der Waals surface area contributed by atoms with Crippen LogP contribution in [0.15, 0.2) is 45.3 Å². The Labute approximate surface area is 125 Å². The molecule has 0 fully saturated rings. The highest BCUT2D eigenvalue weighted by Gasteiger charge is 2.10. The zero-order valence-corrected chi connectivity index (χ0v) is 12.5. The smallest absolute Gasteiger partial charge is 0.336 e. The number of aromatic carboxylic acids is 1. The molecule has 0 aliphatic rings. The van der Waals surface area contributed by atoms with E-state index in [4.69, 9.17) is 9.84 Å². The first-order valence-electron chi connectivity index (χ1n) is 5.13. The van der Waals surface area contributed by atoms with Crippen LogP contribution in [0.1, 0.15) is 10.4 Å². The summed E-state index contributed by atoms with van der Waals surface area (Å²) in [7, 11) is 0. The van der Waals surface area contributed by atoms with E-state index >= 15 is 0 Å². The number of carbonyl (C=O) groups is 1. The first kappa shape index (κ1) is 14.0. The van der Waals surface area contributed by atoms with Gasteiger partial charge in [-0.3, -0.25) is 0 Å². The van der Waals surface area contributed by atoms with Gasteiger partial charge in [0.15, 0.2) is 0 Å². The molecule has 2 aromatic rings. The van der Waals surface area contributed by atoms with Crippen LogP contribution in [0.3, 0.4) is 0 Å². The standard InChI is InChI=1S/C13H7Br2FO3/c14-10-5-7(1-3-9(10)13(17)18)19-8-2-4-12(16)11(15)6-8/h1-6H,(H,17,18). The fourth-order valence-electron chi connectivity index (χ4n) is 1.41. The van der Waals surface area contributed by atoms with E-state index in [0.29, 0.717) is 20.4 Å². The summed E-state index contributed by atoms with van der Waals surface area (Å²) in [6.45, 7) is 0. The van der Waals surface area contributed by atoms with Crippen LogP contribution < -0.4 is 4.74 Å². The van der Waals surface area contributed by atoms with E-state index < -0.39 is 5.97 Å². The second-order valence-corrected chi connectivity index (χ2v) is 5.33. The number of hydrogen-bond donors (Lipinski definition) is 1. The molecule has 0 aliphatic carbocycles. The van der Waals surface area contributed by atoms with Gasteiger partial charge in [0.2, 0.25) is 0 Å². The van der Waals surface area contributed by atoms with Crippen LogP contribution in [-0.2, 0) is 0 Å². The summed E-state index contributed by atoms with van der Waals surface area (Å²) in [5, 5.41) is 8.89. The van der Waals surface area contributed by atoms with Gasteiger partial charge >= 0.3 is 5.97 Å². The normalized spacial score (nSPS) is 10.3. The highest BCUT2D eigenvalue weighted by atomic mass is 79.9. The van der Waals surface area contributed by atoms with Gasteiger partial charge in [-0.15, -0.1) is 0 Å². The number of carboxylic acid groups (broad SMARTS) is 1. The van der Waals surface area contributed by atoms with E-state index in [-0.39, 0.29) is 11.4 Å². The average Bonchev–Trinajstić information content (AvgIpc) is 2.33. The fourth-order valence-corrected chi connectivity index (χ4v) is 2.29. The number of ether oxygens (including phenoxy) is 1. The molecule has 0 saturated carbocycles. The minimum absolute atomic E-state index is 0.146. The van der Waals surface area contributed by atoms with Crippen molar-refractivity contribution >= 4 is 37.8 Å². The summed E-state index contributed by atoms with van der Waals surface area (Å²) in [6.07, 6.45) is 0. The Hall–Kier alpha value is -1.40. The maximum absolute atomic E-state index is 13.1. The van der Waals surface area contributed by atoms with Gasteiger partial charge in [-0.1, -0.05) is 0 Å². The molecule has 6 heteroatoms. The van der Waals surface area contributed by atoms with E-state index in [9.17, 15) is 9.18 Å². The van der Waals surface area contributed by atoms with Crippen LogP contribution >= 0.6 is 31.9 Å². The van der Waals surface area contributed by atoms with Crippen LogP contribution in [0.5, 0.6) is 11.5 Å². The van der Waals surface area contributed by atoms with Crippen LogP contribution in [0.4, 0.5) is 4.39 Å². The zero-order chi connectivity index (χ0) is 14.0. The molecule has 98 valence electrons. The highest BCUT2D eigenvalue weighted by molar-refractivity contribution is 9.10. The van der Waals surface area contributed by atoms with E-state index in [1.54, 1.807) is 6.07 Å². The largest absolute Gasteiger partial charge is 0.478 e. The third kappa shape index (κ3) is 3.33. The molecule has 1 N–H and O–H groups in total. The summed E-state index contributed by atoms with van der Waals surface area (Å²) in [6, 6.07) is 8.76. The van der Waals surface area contributed by atoms with Crippen LogP contribution in [0.2, 0.25) is 0 Å². The summed E-state index contributed by atoms with van der Waals surface area (Å²) >= 11 is 6.22. The van der Waals surface area contributed by atoms with Crippen molar-refractivity contribution in [2.75, 3.05) is 0 Å². The van der Waals surface area contributed by atoms with Crippen LogP contribution in [0.25, 0.3) is 0 Å². The van der Waals surface area contributed by atoms with Crippen molar-refractivity contribution in [1.29, 1.82) is 0 Å². The maximum atomic E-state index is 13.1. The average molecular weight is 390 g/mol. The molecule has 0 bridgehead atoms.